The molecule has 3 nitrogen and oxygen atoms in total. The summed E-state index contributed by atoms with van der Waals surface area (Å²) < 4.78 is 40.7. The highest BCUT2D eigenvalue weighted by atomic mass is 35.5. The predicted octanol–water partition coefficient (Wildman–Crippen LogP) is 5.78. The molecule has 0 spiro atoms. The van der Waals surface area contributed by atoms with Crippen LogP contribution in [0.25, 0.3) is 11.0 Å². The first-order valence-corrected chi connectivity index (χ1v) is 8.85. The predicted molar refractivity (Wildman–Crippen MR) is 99.5 cm³/mol. The molecule has 0 aliphatic heterocycles. The van der Waals surface area contributed by atoms with Gasteiger partial charge in [0.15, 0.2) is 0 Å². The average molecular weight is 395 g/mol. The molecule has 0 bridgehead atoms. The summed E-state index contributed by atoms with van der Waals surface area (Å²) in [6.07, 6.45) is -4.77. The highest BCUT2D eigenvalue weighted by Crippen LogP contribution is 2.32. The number of hydrogen-bond donors (Lipinski definition) is 0. The first-order chi connectivity index (χ1) is 12.7. The maximum Gasteiger partial charge on any atom is 0.396 e. The second-order valence-electron chi connectivity index (χ2n) is 6.78. The van der Waals surface area contributed by atoms with Crippen molar-refractivity contribution in [1.82, 2.24) is 9.55 Å². The Balaban J connectivity index is 2.13. The van der Waals surface area contributed by atoms with Crippen LogP contribution in [0.2, 0.25) is 5.02 Å². The lowest BCUT2D eigenvalue weighted by Crippen LogP contribution is -2.16. The normalized spacial score (nSPS) is 12.1. The number of alkyl halides is 3. The van der Waals surface area contributed by atoms with E-state index < -0.39 is 12.6 Å². The van der Waals surface area contributed by atoms with Gasteiger partial charge in [-0.3, -0.25) is 4.79 Å². The Morgan fingerprint density at radius 1 is 1.19 bits per heavy atom. The van der Waals surface area contributed by atoms with E-state index in [9.17, 15) is 18.0 Å². The standard InChI is InChI=1S/C20H18ClF3N2O/c1-12(2)15-7-18-17(8-16(15)21)25-19(9-20(22,23)24)26(18)10-13-3-5-14(11-27)6-4-13/h3-8,11-12H,9-10H2,1-2H3. The number of halogens is 4. The zero-order valence-electron chi connectivity index (χ0n) is 14.8. The molecular weight excluding hydrogens is 377 g/mol. The maximum absolute atomic E-state index is 13.1. The smallest absolute Gasteiger partial charge is 0.323 e. The van der Waals surface area contributed by atoms with Crippen molar-refractivity contribution < 1.29 is 18.0 Å². The van der Waals surface area contributed by atoms with Gasteiger partial charge in [-0.2, -0.15) is 13.2 Å². The molecule has 142 valence electrons. The van der Waals surface area contributed by atoms with E-state index in [0.717, 1.165) is 17.4 Å². The largest absolute Gasteiger partial charge is 0.396 e. The maximum atomic E-state index is 13.1. The van der Waals surface area contributed by atoms with Crippen LogP contribution < -0.4 is 0 Å². The number of fused-ring (bicyclic) bond motifs is 1. The molecule has 0 aliphatic carbocycles. The molecule has 1 heterocycles. The van der Waals surface area contributed by atoms with E-state index >= 15 is 0 Å². The van der Waals surface area contributed by atoms with E-state index in [2.05, 4.69) is 4.98 Å². The van der Waals surface area contributed by atoms with Crippen molar-refractivity contribution in [3.63, 3.8) is 0 Å². The number of aldehydes is 1. The van der Waals surface area contributed by atoms with Gasteiger partial charge in [-0.1, -0.05) is 49.7 Å². The summed E-state index contributed by atoms with van der Waals surface area (Å²) in [6.45, 7) is 4.17. The minimum atomic E-state index is -4.37. The minimum absolute atomic E-state index is 0.0612. The molecule has 2 aromatic carbocycles. The fraction of sp³-hybridized carbons (Fsp3) is 0.300. The van der Waals surface area contributed by atoms with Crippen LogP contribution >= 0.6 is 11.6 Å². The molecule has 27 heavy (non-hydrogen) atoms. The van der Waals surface area contributed by atoms with E-state index in [0.29, 0.717) is 21.6 Å². The van der Waals surface area contributed by atoms with Crippen molar-refractivity contribution in [2.45, 2.75) is 38.9 Å². The molecule has 0 aliphatic rings. The Hall–Kier alpha value is -2.34. The van der Waals surface area contributed by atoms with Crippen LogP contribution in [0.4, 0.5) is 13.2 Å². The quantitative estimate of drug-likeness (QED) is 0.514. The lowest BCUT2D eigenvalue weighted by atomic mass is 10.0. The number of imidazole rings is 1. The van der Waals surface area contributed by atoms with Crippen LogP contribution in [0, 0.1) is 0 Å². The highest BCUT2D eigenvalue weighted by molar-refractivity contribution is 6.32. The molecule has 0 saturated carbocycles. The van der Waals surface area contributed by atoms with Crippen molar-refractivity contribution in [2.24, 2.45) is 0 Å². The summed E-state index contributed by atoms with van der Waals surface area (Å²) in [5.74, 6) is 0.0668. The van der Waals surface area contributed by atoms with E-state index in [4.69, 9.17) is 11.6 Å². The summed E-state index contributed by atoms with van der Waals surface area (Å²) in [4.78, 5) is 15.0. The van der Waals surface area contributed by atoms with Crippen molar-refractivity contribution in [3.05, 3.63) is 63.9 Å². The second-order valence-corrected chi connectivity index (χ2v) is 7.19. The molecular formula is C20H18ClF3N2O. The van der Waals surface area contributed by atoms with Crippen molar-refractivity contribution >= 4 is 28.9 Å². The Morgan fingerprint density at radius 2 is 1.85 bits per heavy atom. The third-order valence-corrected chi connectivity index (χ3v) is 4.71. The van der Waals surface area contributed by atoms with Crippen LogP contribution in [0.5, 0.6) is 0 Å². The van der Waals surface area contributed by atoms with Gasteiger partial charge >= 0.3 is 6.18 Å². The lowest BCUT2D eigenvalue weighted by Gasteiger charge is -2.13. The first-order valence-electron chi connectivity index (χ1n) is 8.47. The first kappa shape index (κ1) is 19.4. The molecule has 1 aromatic heterocycles. The van der Waals surface area contributed by atoms with Gasteiger partial charge < -0.3 is 4.57 Å². The van der Waals surface area contributed by atoms with E-state index in [1.165, 1.54) is 0 Å². The van der Waals surface area contributed by atoms with Crippen LogP contribution in [0.1, 0.15) is 47.1 Å². The molecule has 0 atom stereocenters. The monoisotopic (exact) mass is 394 g/mol. The number of benzene rings is 2. The molecule has 0 N–H and O–H groups in total. The highest BCUT2D eigenvalue weighted by Gasteiger charge is 2.31. The fourth-order valence-electron chi connectivity index (χ4n) is 3.03. The van der Waals surface area contributed by atoms with Crippen LogP contribution in [-0.4, -0.2) is 22.0 Å². The summed E-state index contributed by atoms with van der Waals surface area (Å²) in [5.41, 5.74) is 3.21. The molecule has 0 saturated heterocycles. The van der Waals surface area contributed by atoms with Gasteiger partial charge in [0.05, 0.1) is 11.0 Å². The van der Waals surface area contributed by atoms with Crippen molar-refractivity contribution in [3.8, 4) is 0 Å². The Labute approximate surface area is 159 Å². The summed E-state index contributed by atoms with van der Waals surface area (Å²) in [5, 5.41) is 0.496. The van der Waals surface area contributed by atoms with Gasteiger partial charge in [0, 0.05) is 17.1 Å². The van der Waals surface area contributed by atoms with E-state index in [1.54, 1.807) is 34.9 Å². The minimum Gasteiger partial charge on any atom is -0.323 e. The van der Waals surface area contributed by atoms with Crippen molar-refractivity contribution in [1.29, 1.82) is 0 Å². The molecule has 3 rings (SSSR count). The lowest BCUT2D eigenvalue weighted by molar-refractivity contribution is -0.128. The Morgan fingerprint density at radius 3 is 2.41 bits per heavy atom. The van der Waals surface area contributed by atoms with Gasteiger partial charge in [-0.25, -0.2) is 4.98 Å². The molecule has 0 fully saturated rings. The number of carbonyl (C=O) groups is 1. The van der Waals surface area contributed by atoms with Crippen LogP contribution in [0.15, 0.2) is 36.4 Å². The number of nitrogens with zero attached hydrogens (tertiary/aromatic N) is 2. The van der Waals surface area contributed by atoms with Gasteiger partial charge in [0.25, 0.3) is 0 Å². The van der Waals surface area contributed by atoms with Gasteiger partial charge in [0.2, 0.25) is 0 Å². The molecule has 0 radical (unpaired) electrons. The second kappa shape index (κ2) is 7.35. The summed E-state index contributed by atoms with van der Waals surface area (Å²) in [7, 11) is 0. The van der Waals surface area contributed by atoms with Gasteiger partial charge in [-0.05, 0) is 29.2 Å². The summed E-state index contributed by atoms with van der Waals surface area (Å²) >= 11 is 6.28. The topological polar surface area (TPSA) is 34.9 Å². The number of carbonyl (C=O) groups excluding carboxylic acids is 1. The van der Waals surface area contributed by atoms with Gasteiger partial charge in [-0.15, -0.1) is 0 Å². The SMILES string of the molecule is CC(C)c1cc2c(cc1Cl)nc(CC(F)(F)F)n2Cc1ccc(C=O)cc1. The average Bonchev–Trinajstić information content (AvgIpc) is 2.89. The summed E-state index contributed by atoms with van der Waals surface area (Å²) in [6, 6.07) is 10.2. The van der Waals surface area contributed by atoms with Gasteiger partial charge in [0.1, 0.15) is 18.5 Å². The van der Waals surface area contributed by atoms with Crippen LogP contribution in [-0.2, 0) is 13.0 Å². The molecule has 3 aromatic rings. The molecule has 0 amide bonds. The number of aromatic nitrogens is 2. The van der Waals surface area contributed by atoms with E-state index in [-0.39, 0.29) is 18.3 Å². The zero-order chi connectivity index (χ0) is 19.8. The fourth-order valence-corrected chi connectivity index (χ4v) is 3.41. The third kappa shape index (κ3) is 4.33. The van der Waals surface area contributed by atoms with Crippen molar-refractivity contribution in [2.75, 3.05) is 0 Å². The van der Waals surface area contributed by atoms with E-state index in [1.807, 2.05) is 19.9 Å². The number of hydrogen-bond acceptors (Lipinski definition) is 2. The zero-order valence-corrected chi connectivity index (χ0v) is 15.6. The Bertz CT molecular complexity index is 976. The van der Waals surface area contributed by atoms with Crippen LogP contribution in [0.3, 0.4) is 0 Å². The molecule has 7 heteroatoms. The third-order valence-electron chi connectivity index (χ3n) is 4.38. The Kier molecular flexibility index (Phi) is 5.29. The number of rotatable bonds is 5. The molecule has 0 unspecified atom stereocenters.